The van der Waals surface area contributed by atoms with Crippen LogP contribution in [0.4, 0.5) is 4.39 Å². The number of hydrogen-bond acceptors (Lipinski definition) is 4. The van der Waals surface area contributed by atoms with Crippen molar-refractivity contribution in [2.45, 2.75) is 18.9 Å². The summed E-state index contributed by atoms with van der Waals surface area (Å²) in [5, 5.41) is 2.77. The third-order valence-electron chi connectivity index (χ3n) is 2.93. The fourth-order valence-electron chi connectivity index (χ4n) is 1.69. The predicted octanol–water partition coefficient (Wildman–Crippen LogP) is 2.95. The number of carbonyl (C=O) groups is 1. The summed E-state index contributed by atoms with van der Waals surface area (Å²) < 4.78 is 18.7. The molecular weight excluding hydrogens is 297 g/mol. The van der Waals surface area contributed by atoms with E-state index in [9.17, 15) is 9.18 Å². The van der Waals surface area contributed by atoms with Crippen LogP contribution >= 0.6 is 11.6 Å². The summed E-state index contributed by atoms with van der Waals surface area (Å²) in [7, 11) is 0. The van der Waals surface area contributed by atoms with Crippen LogP contribution in [-0.4, -0.2) is 21.9 Å². The van der Waals surface area contributed by atoms with E-state index < -0.39 is 5.82 Å². The molecule has 21 heavy (non-hydrogen) atoms. The van der Waals surface area contributed by atoms with Crippen molar-refractivity contribution < 1.29 is 13.9 Å². The maximum Gasteiger partial charge on any atom is 0.260 e. The Morgan fingerprint density at radius 2 is 2.05 bits per heavy atom. The van der Waals surface area contributed by atoms with Gasteiger partial charge >= 0.3 is 0 Å². The van der Waals surface area contributed by atoms with Gasteiger partial charge in [0.2, 0.25) is 11.1 Å². The molecule has 1 aliphatic rings. The standard InChI is InChI=1S/C14H11ClFN3O2/c15-14-17-7-11(16)13(19-14)21-10-5-1-8(2-6-10)12(20)18-9-3-4-9/h1-2,5-7,9H,3-4H2,(H,18,20). The molecule has 1 fully saturated rings. The van der Waals surface area contributed by atoms with Gasteiger partial charge in [0.25, 0.3) is 11.8 Å². The lowest BCUT2D eigenvalue weighted by Gasteiger charge is -2.07. The Morgan fingerprint density at radius 3 is 2.71 bits per heavy atom. The molecule has 0 bridgehead atoms. The maximum atomic E-state index is 13.4. The lowest BCUT2D eigenvalue weighted by atomic mass is 10.2. The van der Waals surface area contributed by atoms with Gasteiger partial charge in [-0.3, -0.25) is 4.79 Å². The van der Waals surface area contributed by atoms with Gasteiger partial charge in [0.1, 0.15) is 5.75 Å². The molecule has 0 spiro atoms. The third-order valence-corrected chi connectivity index (χ3v) is 3.11. The van der Waals surface area contributed by atoms with Crippen molar-refractivity contribution in [3.05, 3.63) is 47.1 Å². The topological polar surface area (TPSA) is 64.1 Å². The highest BCUT2D eigenvalue weighted by molar-refractivity contribution is 6.28. The summed E-state index contributed by atoms with van der Waals surface area (Å²) in [6.45, 7) is 0. The molecule has 0 unspecified atom stereocenters. The largest absolute Gasteiger partial charge is 0.436 e. The minimum atomic E-state index is -0.713. The van der Waals surface area contributed by atoms with Gasteiger partial charge in [0, 0.05) is 11.6 Å². The van der Waals surface area contributed by atoms with E-state index in [1.165, 1.54) is 0 Å². The molecular formula is C14H11ClFN3O2. The van der Waals surface area contributed by atoms with E-state index in [2.05, 4.69) is 15.3 Å². The number of nitrogens with one attached hydrogen (secondary N) is 1. The van der Waals surface area contributed by atoms with Crippen LogP contribution in [0.1, 0.15) is 23.2 Å². The van der Waals surface area contributed by atoms with Gasteiger partial charge in [-0.05, 0) is 48.7 Å². The zero-order chi connectivity index (χ0) is 14.8. The van der Waals surface area contributed by atoms with Crippen LogP contribution in [-0.2, 0) is 0 Å². The monoisotopic (exact) mass is 307 g/mol. The number of ether oxygens (including phenoxy) is 1. The summed E-state index contributed by atoms with van der Waals surface area (Å²) in [6.07, 6.45) is 2.99. The van der Waals surface area contributed by atoms with Gasteiger partial charge < -0.3 is 10.1 Å². The second kappa shape index (κ2) is 5.65. The van der Waals surface area contributed by atoms with Crippen LogP contribution in [0.25, 0.3) is 0 Å². The molecule has 0 atom stereocenters. The number of hydrogen-bond donors (Lipinski definition) is 1. The molecule has 1 N–H and O–H groups in total. The van der Waals surface area contributed by atoms with Gasteiger partial charge in [0.05, 0.1) is 6.20 Å². The quantitative estimate of drug-likeness (QED) is 0.882. The van der Waals surface area contributed by atoms with Gasteiger partial charge in [-0.1, -0.05) is 0 Å². The van der Waals surface area contributed by atoms with E-state index in [0.29, 0.717) is 17.4 Å². The van der Waals surface area contributed by atoms with Gasteiger partial charge in [-0.25, -0.2) is 4.98 Å². The predicted molar refractivity (Wildman–Crippen MR) is 74.0 cm³/mol. The van der Waals surface area contributed by atoms with Crippen LogP contribution in [0, 0.1) is 5.82 Å². The zero-order valence-electron chi connectivity index (χ0n) is 10.8. The molecule has 5 nitrogen and oxygen atoms in total. The second-order valence-electron chi connectivity index (χ2n) is 4.67. The summed E-state index contributed by atoms with van der Waals surface area (Å²) >= 11 is 5.58. The number of aromatic nitrogens is 2. The van der Waals surface area contributed by atoms with E-state index >= 15 is 0 Å². The highest BCUT2D eigenvalue weighted by atomic mass is 35.5. The first-order valence-corrected chi connectivity index (χ1v) is 6.76. The number of amides is 1. The second-order valence-corrected chi connectivity index (χ2v) is 5.00. The molecule has 0 radical (unpaired) electrons. The Balaban J connectivity index is 1.71. The first kappa shape index (κ1) is 13.8. The normalized spacial score (nSPS) is 13.8. The van der Waals surface area contributed by atoms with E-state index in [0.717, 1.165) is 19.0 Å². The Hall–Kier alpha value is -2.21. The average Bonchev–Trinajstić information content (AvgIpc) is 3.27. The highest BCUT2D eigenvalue weighted by Crippen LogP contribution is 2.24. The van der Waals surface area contributed by atoms with Gasteiger partial charge in [0.15, 0.2) is 0 Å². The summed E-state index contributed by atoms with van der Waals surface area (Å²) in [6, 6.07) is 6.64. The minimum absolute atomic E-state index is 0.105. The molecule has 7 heteroatoms. The average molecular weight is 308 g/mol. The van der Waals surface area contributed by atoms with E-state index in [1.54, 1.807) is 24.3 Å². The third kappa shape index (κ3) is 3.46. The smallest absolute Gasteiger partial charge is 0.260 e. The van der Waals surface area contributed by atoms with Crippen molar-refractivity contribution in [2.75, 3.05) is 0 Å². The first-order valence-electron chi connectivity index (χ1n) is 6.38. The number of nitrogens with zero attached hydrogens (tertiary/aromatic N) is 2. The number of carbonyl (C=O) groups excluding carboxylic acids is 1. The van der Waals surface area contributed by atoms with Crippen molar-refractivity contribution in [1.82, 2.24) is 15.3 Å². The lowest BCUT2D eigenvalue weighted by Crippen LogP contribution is -2.25. The van der Waals surface area contributed by atoms with Crippen molar-refractivity contribution in [3.63, 3.8) is 0 Å². The molecule has 1 saturated carbocycles. The van der Waals surface area contributed by atoms with Crippen molar-refractivity contribution in [2.24, 2.45) is 0 Å². The molecule has 1 amide bonds. The minimum Gasteiger partial charge on any atom is -0.436 e. The molecule has 1 heterocycles. The van der Waals surface area contributed by atoms with Crippen LogP contribution < -0.4 is 10.1 Å². The molecule has 3 rings (SSSR count). The summed E-state index contributed by atoms with van der Waals surface area (Å²) in [5.41, 5.74) is 0.524. The van der Waals surface area contributed by atoms with E-state index in [1.807, 2.05) is 0 Å². The Labute approximate surface area is 125 Å². The van der Waals surface area contributed by atoms with E-state index in [-0.39, 0.29) is 17.1 Å². The molecule has 108 valence electrons. The van der Waals surface area contributed by atoms with E-state index in [4.69, 9.17) is 16.3 Å². The number of benzene rings is 1. The summed E-state index contributed by atoms with van der Waals surface area (Å²) in [4.78, 5) is 19.0. The fraction of sp³-hybridized carbons (Fsp3) is 0.214. The lowest BCUT2D eigenvalue weighted by molar-refractivity contribution is 0.0951. The van der Waals surface area contributed by atoms with Gasteiger partial charge in [-0.15, -0.1) is 0 Å². The van der Waals surface area contributed by atoms with Crippen molar-refractivity contribution in [1.29, 1.82) is 0 Å². The Kier molecular flexibility index (Phi) is 3.70. The number of rotatable bonds is 4. The van der Waals surface area contributed by atoms with Gasteiger partial charge in [-0.2, -0.15) is 9.37 Å². The zero-order valence-corrected chi connectivity index (χ0v) is 11.6. The Morgan fingerprint density at radius 1 is 1.33 bits per heavy atom. The van der Waals surface area contributed by atoms with Crippen molar-refractivity contribution in [3.8, 4) is 11.6 Å². The molecule has 1 aliphatic carbocycles. The SMILES string of the molecule is O=C(NC1CC1)c1ccc(Oc2nc(Cl)ncc2F)cc1. The first-order chi connectivity index (χ1) is 10.1. The maximum absolute atomic E-state index is 13.4. The molecule has 1 aromatic heterocycles. The van der Waals surface area contributed by atoms with Crippen LogP contribution in [0.3, 0.4) is 0 Å². The molecule has 2 aromatic rings. The summed E-state index contributed by atoms with van der Waals surface area (Å²) in [5.74, 6) is -0.743. The molecule has 0 aliphatic heterocycles. The fourth-order valence-corrected chi connectivity index (χ4v) is 1.81. The highest BCUT2D eigenvalue weighted by Gasteiger charge is 2.23. The van der Waals surface area contributed by atoms with Crippen LogP contribution in [0.15, 0.2) is 30.5 Å². The Bertz CT molecular complexity index is 674. The van der Waals surface area contributed by atoms with Crippen molar-refractivity contribution >= 4 is 17.5 Å². The molecule has 1 aromatic carbocycles. The molecule has 0 saturated heterocycles. The van der Waals surface area contributed by atoms with Crippen LogP contribution in [0.2, 0.25) is 5.28 Å². The van der Waals surface area contributed by atoms with Crippen LogP contribution in [0.5, 0.6) is 11.6 Å². The number of halogens is 2.